The smallest absolute Gasteiger partial charge is 0.295 e. The molecule has 1 amide bonds. The van der Waals surface area contributed by atoms with Gasteiger partial charge in [0.15, 0.2) is 0 Å². The summed E-state index contributed by atoms with van der Waals surface area (Å²) in [5.74, 6) is -0.625. The Morgan fingerprint density at radius 1 is 1.10 bits per heavy atom. The highest BCUT2D eigenvalue weighted by molar-refractivity contribution is 6.09. The zero-order chi connectivity index (χ0) is 21.8. The largest absolute Gasteiger partial charge is 0.378 e. The second kappa shape index (κ2) is 8.53. The van der Waals surface area contributed by atoms with E-state index >= 15 is 0 Å². The SMILES string of the molecule is Cc1c(NC(=O)/C(C#N)=C/c2ccc(N(C)C)cc2)c(=O)n(-c2ccccc2)n1C. The molecule has 30 heavy (non-hydrogen) atoms. The lowest BCUT2D eigenvalue weighted by molar-refractivity contribution is -0.112. The fourth-order valence-corrected chi connectivity index (χ4v) is 3.08. The average molecular weight is 401 g/mol. The van der Waals surface area contributed by atoms with Gasteiger partial charge in [-0.05, 0) is 42.8 Å². The molecule has 2 aromatic carbocycles. The Bertz CT molecular complexity index is 1190. The molecule has 0 saturated heterocycles. The van der Waals surface area contributed by atoms with Crippen molar-refractivity contribution in [1.82, 2.24) is 9.36 Å². The lowest BCUT2D eigenvalue weighted by Gasteiger charge is -2.11. The fourth-order valence-electron chi connectivity index (χ4n) is 3.08. The third kappa shape index (κ3) is 4.03. The lowest BCUT2D eigenvalue weighted by atomic mass is 10.1. The lowest BCUT2D eigenvalue weighted by Crippen LogP contribution is -2.23. The summed E-state index contributed by atoms with van der Waals surface area (Å²) >= 11 is 0. The van der Waals surface area contributed by atoms with Crippen molar-refractivity contribution in [2.75, 3.05) is 24.3 Å². The number of aromatic nitrogens is 2. The Hall–Kier alpha value is -4.05. The van der Waals surface area contributed by atoms with Crippen molar-refractivity contribution >= 4 is 23.4 Å². The van der Waals surface area contributed by atoms with E-state index in [-0.39, 0.29) is 16.8 Å². The molecule has 0 aliphatic heterocycles. The number of carbonyl (C=O) groups excluding carboxylic acids is 1. The first-order valence-corrected chi connectivity index (χ1v) is 9.38. The number of nitriles is 1. The molecule has 7 nitrogen and oxygen atoms in total. The average Bonchev–Trinajstić information content (AvgIpc) is 2.96. The van der Waals surface area contributed by atoms with Gasteiger partial charge in [0.1, 0.15) is 17.3 Å². The Morgan fingerprint density at radius 2 is 1.73 bits per heavy atom. The first-order chi connectivity index (χ1) is 14.3. The van der Waals surface area contributed by atoms with Crippen LogP contribution in [0.5, 0.6) is 0 Å². The molecule has 0 aliphatic rings. The number of hydrogen-bond acceptors (Lipinski definition) is 4. The van der Waals surface area contributed by atoms with E-state index in [1.165, 1.54) is 10.8 Å². The van der Waals surface area contributed by atoms with Crippen LogP contribution >= 0.6 is 0 Å². The molecule has 0 spiro atoms. The number of nitrogens with zero attached hydrogens (tertiary/aromatic N) is 4. The van der Waals surface area contributed by atoms with E-state index < -0.39 is 5.91 Å². The zero-order valence-electron chi connectivity index (χ0n) is 17.4. The van der Waals surface area contributed by atoms with Crippen molar-refractivity contribution in [3.63, 3.8) is 0 Å². The van der Waals surface area contributed by atoms with E-state index in [9.17, 15) is 14.9 Å². The van der Waals surface area contributed by atoms with Crippen molar-refractivity contribution in [3.05, 3.63) is 81.8 Å². The first-order valence-electron chi connectivity index (χ1n) is 9.38. The number of para-hydroxylation sites is 1. The third-order valence-electron chi connectivity index (χ3n) is 4.88. The Labute approximate surface area is 175 Å². The van der Waals surface area contributed by atoms with Crippen molar-refractivity contribution in [1.29, 1.82) is 5.26 Å². The number of benzene rings is 2. The molecule has 0 radical (unpaired) electrons. The van der Waals surface area contributed by atoms with Gasteiger partial charge >= 0.3 is 0 Å². The van der Waals surface area contributed by atoms with Gasteiger partial charge in [-0.15, -0.1) is 0 Å². The van der Waals surface area contributed by atoms with Crippen LogP contribution in [0.2, 0.25) is 0 Å². The number of rotatable bonds is 5. The predicted octanol–water partition coefficient (Wildman–Crippen LogP) is 3.10. The summed E-state index contributed by atoms with van der Waals surface area (Å²) in [5.41, 5.74) is 2.71. The van der Waals surface area contributed by atoms with E-state index in [0.717, 1.165) is 11.3 Å². The predicted molar refractivity (Wildman–Crippen MR) is 119 cm³/mol. The monoisotopic (exact) mass is 401 g/mol. The van der Waals surface area contributed by atoms with E-state index in [2.05, 4.69) is 5.32 Å². The van der Waals surface area contributed by atoms with E-state index in [0.29, 0.717) is 11.4 Å². The quantitative estimate of drug-likeness (QED) is 0.526. The van der Waals surface area contributed by atoms with Crippen molar-refractivity contribution in [3.8, 4) is 11.8 Å². The molecule has 0 fully saturated rings. The topological polar surface area (TPSA) is 83.1 Å². The minimum absolute atomic E-state index is 0.0819. The molecule has 0 saturated carbocycles. The maximum atomic E-state index is 12.9. The van der Waals surface area contributed by atoms with Crippen LogP contribution in [0.4, 0.5) is 11.4 Å². The zero-order valence-corrected chi connectivity index (χ0v) is 17.4. The number of amides is 1. The van der Waals surface area contributed by atoms with Crippen molar-refractivity contribution in [2.45, 2.75) is 6.92 Å². The summed E-state index contributed by atoms with van der Waals surface area (Å²) in [6.45, 7) is 1.74. The van der Waals surface area contributed by atoms with Gasteiger partial charge in [0.25, 0.3) is 11.5 Å². The molecule has 152 valence electrons. The molecule has 0 aliphatic carbocycles. The van der Waals surface area contributed by atoms with Gasteiger partial charge in [-0.1, -0.05) is 30.3 Å². The Kier molecular flexibility index (Phi) is 5.88. The van der Waals surface area contributed by atoms with Crippen LogP contribution in [0.15, 0.2) is 65.0 Å². The first kappa shape index (κ1) is 20.7. The van der Waals surface area contributed by atoms with E-state index in [1.807, 2.05) is 79.7 Å². The van der Waals surface area contributed by atoms with Crippen molar-refractivity contribution < 1.29 is 4.79 Å². The highest BCUT2D eigenvalue weighted by Gasteiger charge is 2.19. The van der Waals surface area contributed by atoms with Crippen molar-refractivity contribution in [2.24, 2.45) is 7.05 Å². The molecule has 1 heterocycles. The highest BCUT2D eigenvalue weighted by Crippen LogP contribution is 2.17. The van der Waals surface area contributed by atoms with Crippen LogP contribution in [-0.2, 0) is 11.8 Å². The summed E-state index contributed by atoms with van der Waals surface area (Å²) in [6, 6.07) is 18.5. The van der Waals surface area contributed by atoms with Crippen LogP contribution in [0, 0.1) is 18.3 Å². The minimum Gasteiger partial charge on any atom is -0.378 e. The molecule has 1 N–H and O–H groups in total. The maximum Gasteiger partial charge on any atom is 0.295 e. The Morgan fingerprint density at radius 3 is 2.30 bits per heavy atom. The number of carbonyl (C=O) groups is 1. The molecule has 0 bridgehead atoms. The van der Waals surface area contributed by atoms with Gasteiger partial charge in [0.05, 0.1) is 11.4 Å². The maximum absolute atomic E-state index is 12.9. The minimum atomic E-state index is -0.625. The van der Waals surface area contributed by atoms with Gasteiger partial charge in [0, 0.05) is 26.8 Å². The van der Waals surface area contributed by atoms with Gasteiger partial charge in [-0.3, -0.25) is 14.3 Å². The second-order valence-corrected chi connectivity index (χ2v) is 7.05. The second-order valence-electron chi connectivity index (χ2n) is 7.05. The molecule has 1 aromatic heterocycles. The number of nitrogens with one attached hydrogen (secondary N) is 1. The molecule has 0 unspecified atom stereocenters. The molecule has 7 heteroatoms. The molecule has 3 rings (SSSR count). The molecule has 0 atom stereocenters. The summed E-state index contributed by atoms with van der Waals surface area (Å²) in [5, 5.41) is 12.1. The summed E-state index contributed by atoms with van der Waals surface area (Å²) in [6.07, 6.45) is 1.50. The molecule has 3 aromatic rings. The number of anilines is 2. The summed E-state index contributed by atoms with van der Waals surface area (Å²) in [4.78, 5) is 27.6. The molecular weight excluding hydrogens is 378 g/mol. The van der Waals surface area contributed by atoms with Gasteiger partial charge in [-0.25, -0.2) is 4.68 Å². The van der Waals surface area contributed by atoms with Crippen LogP contribution in [-0.4, -0.2) is 29.4 Å². The van der Waals surface area contributed by atoms with Gasteiger partial charge < -0.3 is 10.2 Å². The van der Waals surface area contributed by atoms with Crippen LogP contribution in [0.3, 0.4) is 0 Å². The fraction of sp³-hybridized carbons (Fsp3) is 0.174. The van der Waals surface area contributed by atoms with Gasteiger partial charge in [0.2, 0.25) is 0 Å². The van der Waals surface area contributed by atoms with E-state index in [1.54, 1.807) is 18.7 Å². The Balaban J connectivity index is 1.91. The summed E-state index contributed by atoms with van der Waals surface area (Å²) in [7, 11) is 5.61. The molecular formula is C23H23N5O2. The van der Waals surface area contributed by atoms with Crippen LogP contribution in [0.25, 0.3) is 11.8 Å². The standard InChI is InChI=1S/C23H23N5O2/c1-16-21(23(30)28(27(16)4)20-8-6-5-7-9-20)25-22(29)18(15-24)14-17-10-12-19(13-11-17)26(2)3/h5-14H,1-4H3,(H,25,29)/b18-14+. The summed E-state index contributed by atoms with van der Waals surface area (Å²) < 4.78 is 3.14. The normalized spacial score (nSPS) is 11.1. The number of hydrogen-bond donors (Lipinski definition) is 1. The van der Waals surface area contributed by atoms with E-state index in [4.69, 9.17) is 0 Å². The third-order valence-corrected chi connectivity index (χ3v) is 4.88. The highest BCUT2D eigenvalue weighted by atomic mass is 16.2. The van der Waals surface area contributed by atoms with Gasteiger partial charge in [-0.2, -0.15) is 5.26 Å². The van der Waals surface area contributed by atoms with Crippen LogP contribution < -0.4 is 15.8 Å². The van der Waals surface area contributed by atoms with Crippen LogP contribution in [0.1, 0.15) is 11.3 Å².